The molecule has 1 aromatic heterocycles. The van der Waals surface area contributed by atoms with Crippen molar-refractivity contribution in [2.45, 2.75) is 19.4 Å². The number of ether oxygens (including phenoxy) is 4. The van der Waals surface area contributed by atoms with Crippen LogP contribution < -0.4 is 20.1 Å². The van der Waals surface area contributed by atoms with Gasteiger partial charge in [0.25, 0.3) is 0 Å². The fraction of sp³-hybridized carbons (Fsp3) is 0.318. The van der Waals surface area contributed by atoms with Crippen molar-refractivity contribution in [3.63, 3.8) is 0 Å². The second-order valence-corrected chi connectivity index (χ2v) is 7.48. The van der Waals surface area contributed by atoms with Gasteiger partial charge in [0, 0.05) is 6.42 Å². The summed E-state index contributed by atoms with van der Waals surface area (Å²) in [5.41, 5.74) is 0.272. The molecule has 2 aromatic rings. The second kappa shape index (κ2) is 9.86. The standard InChI is InChI=1S/C22H21ClN2O8/c1-2-29-21(27)17-14(24-22(28)25-18(17)15-5-3-6-30-15)11-33-20(26)12-9-13(23)19-16(10-12)31-7-4-8-32-19/h3,5-6,9-10,18H,2,4,7-8,11H2,1H3,(H2,24,25,28). The zero-order valence-corrected chi connectivity index (χ0v) is 18.4. The summed E-state index contributed by atoms with van der Waals surface area (Å²) in [5, 5.41) is 5.34. The Balaban J connectivity index is 1.59. The quantitative estimate of drug-likeness (QED) is 0.609. The van der Waals surface area contributed by atoms with Crippen LogP contribution in [-0.4, -0.2) is 44.4 Å². The van der Waals surface area contributed by atoms with Gasteiger partial charge in [0.15, 0.2) is 11.5 Å². The van der Waals surface area contributed by atoms with Crippen LogP contribution in [0.1, 0.15) is 35.5 Å². The number of amides is 2. The van der Waals surface area contributed by atoms with Gasteiger partial charge in [-0.25, -0.2) is 14.4 Å². The molecule has 0 radical (unpaired) electrons. The smallest absolute Gasteiger partial charge is 0.338 e. The molecule has 2 amide bonds. The van der Waals surface area contributed by atoms with Crippen molar-refractivity contribution in [3.8, 4) is 11.5 Å². The summed E-state index contributed by atoms with van der Waals surface area (Å²) in [5.74, 6) is -0.385. The number of benzene rings is 1. The van der Waals surface area contributed by atoms with Crippen molar-refractivity contribution in [1.82, 2.24) is 10.6 Å². The minimum atomic E-state index is -0.908. The Morgan fingerprint density at radius 1 is 1.18 bits per heavy atom. The summed E-state index contributed by atoms with van der Waals surface area (Å²) < 4.78 is 27.0. The summed E-state index contributed by atoms with van der Waals surface area (Å²) in [6.07, 6.45) is 2.10. The van der Waals surface area contributed by atoms with E-state index in [9.17, 15) is 14.4 Å². The van der Waals surface area contributed by atoms with Crippen LogP contribution >= 0.6 is 11.6 Å². The maximum Gasteiger partial charge on any atom is 0.338 e. The molecule has 0 fully saturated rings. The van der Waals surface area contributed by atoms with Crippen LogP contribution in [0.2, 0.25) is 5.02 Å². The first kappa shape index (κ1) is 22.5. The first-order chi connectivity index (χ1) is 16.0. The molecule has 0 saturated heterocycles. The van der Waals surface area contributed by atoms with Crippen molar-refractivity contribution < 1.29 is 37.7 Å². The number of halogens is 1. The van der Waals surface area contributed by atoms with Gasteiger partial charge in [-0.15, -0.1) is 0 Å². The number of fused-ring (bicyclic) bond motifs is 1. The van der Waals surface area contributed by atoms with Crippen LogP contribution in [0.3, 0.4) is 0 Å². The zero-order chi connectivity index (χ0) is 23.4. The molecule has 2 aliphatic rings. The molecule has 0 aliphatic carbocycles. The van der Waals surface area contributed by atoms with Crippen LogP contribution in [0, 0.1) is 0 Å². The summed E-state index contributed by atoms with van der Waals surface area (Å²) in [6.45, 7) is 2.24. The van der Waals surface area contributed by atoms with E-state index in [-0.39, 0.29) is 28.5 Å². The lowest BCUT2D eigenvalue weighted by Crippen LogP contribution is -2.47. The van der Waals surface area contributed by atoms with E-state index in [0.29, 0.717) is 36.9 Å². The Morgan fingerprint density at radius 3 is 2.76 bits per heavy atom. The Kier molecular flexibility index (Phi) is 6.74. The van der Waals surface area contributed by atoms with Crippen LogP contribution in [0.25, 0.3) is 0 Å². The molecule has 1 aromatic carbocycles. The number of esters is 2. The van der Waals surface area contributed by atoms with E-state index in [0.717, 1.165) is 0 Å². The molecule has 1 unspecified atom stereocenters. The van der Waals surface area contributed by atoms with Crippen molar-refractivity contribution in [3.05, 3.63) is 58.1 Å². The van der Waals surface area contributed by atoms with E-state index in [1.807, 2.05) is 0 Å². The van der Waals surface area contributed by atoms with Crippen LogP contribution in [0.15, 0.2) is 46.2 Å². The monoisotopic (exact) mass is 476 g/mol. The van der Waals surface area contributed by atoms with Gasteiger partial charge >= 0.3 is 18.0 Å². The van der Waals surface area contributed by atoms with E-state index < -0.39 is 30.6 Å². The minimum absolute atomic E-state index is 0.0656. The highest BCUT2D eigenvalue weighted by atomic mass is 35.5. The highest BCUT2D eigenvalue weighted by Crippen LogP contribution is 2.38. The van der Waals surface area contributed by atoms with Crippen LogP contribution in [0.5, 0.6) is 11.5 Å². The summed E-state index contributed by atoms with van der Waals surface area (Å²) in [7, 11) is 0. The largest absolute Gasteiger partial charge is 0.489 e. The number of carbonyl (C=O) groups is 3. The van der Waals surface area contributed by atoms with Gasteiger partial charge in [-0.05, 0) is 31.2 Å². The van der Waals surface area contributed by atoms with Gasteiger partial charge in [0.1, 0.15) is 18.4 Å². The van der Waals surface area contributed by atoms with E-state index in [2.05, 4.69) is 10.6 Å². The van der Waals surface area contributed by atoms with Crippen molar-refractivity contribution in [1.29, 1.82) is 0 Å². The topological polar surface area (TPSA) is 125 Å². The molecule has 1 atom stereocenters. The second-order valence-electron chi connectivity index (χ2n) is 7.07. The lowest BCUT2D eigenvalue weighted by Gasteiger charge is -2.27. The average molecular weight is 477 g/mol. The SMILES string of the molecule is CCOC(=O)C1=C(COC(=O)c2cc(Cl)c3c(c2)OCCCO3)NC(=O)NC1c1ccco1. The summed E-state index contributed by atoms with van der Waals surface area (Å²) in [6, 6.07) is 4.62. The lowest BCUT2D eigenvalue weighted by atomic mass is 10.0. The molecule has 0 spiro atoms. The van der Waals surface area contributed by atoms with Crippen molar-refractivity contribution in [2.24, 2.45) is 0 Å². The number of rotatable bonds is 6. The average Bonchev–Trinajstić information content (AvgIpc) is 3.22. The van der Waals surface area contributed by atoms with Gasteiger partial charge in [-0.2, -0.15) is 0 Å². The molecule has 174 valence electrons. The van der Waals surface area contributed by atoms with E-state index >= 15 is 0 Å². The van der Waals surface area contributed by atoms with Gasteiger partial charge in [-0.3, -0.25) is 0 Å². The predicted octanol–water partition coefficient (Wildman–Crippen LogP) is 3.12. The van der Waals surface area contributed by atoms with Crippen molar-refractivity contribution >= 4 is 29.6 Å². The first-order valence-electron chi connectivity index (χ1n) is 10.2. The number of nitrogens with one attached hydrogen (secondary N) is 2. The molecule has 3 heterocycles. The Labute approximate surface area is 193 Å². The molecule has 0 saturated carbocycles. The Hall–Kier alpha value is -3.66. The maximum atomic E-state index is 12.7. The maximum absolute atomic E-state index is 12.7. The predicted molar refractivity (Wildman–Crippen MR) is 114 cm³/mol. The molecule has 0 bridgehead atoms. The number of furan rings is 1. The molecule has 2 N–H and O–H groups in total. The van der Waals surface area contributed by atoms with E-state index in [4.69, 9.17) is 35.0 Å². The number of carbonyl (C=O) groups excluding carboxylic acids is 3. The van der Waals surface area contributed by atoms with Gasteiger partial charge < -0.3 is 34.0 Å². The molecule has 2 aliphatic heterocycles. The summed E-state index contributed by atoms with van der Waals surface area (Å²) >= 11 is 6.25. The molecule has 33 heavy (non-hydrogen) atoms. The third-order valence-corrected chi connectivity index (χ3v) is 5.14. The first-order valence-corrected chi connectivity index (χ1v) is 10.6. The third kappa shape index (κ3) is 4.90. The Bertz CT molecular complexity index is 1100. The lowest BCUT2D eigenvalue weighted by molar-refractivity contribution is -0.139. The minimum Gasteiger partial charge on any atom is -0.489 e. The number of urea groups is 1. The molecule has 10 nitrogen and oxygen atoms in total. The van der Waals surface area contributed by atoms with E-state index in [1.54, 1.807) is 19.1 Å². The van der Waals surface area contributed by atoms with E-state index in [1.165, 1.54) is 18.4 Å². The number of hydrogen-bond donors (Lipinski definition) is 2. The number of hydrogen-bond acceptors (Lipinski definition) is 8. The molecular weight excluding hydrogens is 456 g/mol. The highest BCUT2D eigenvalue weighted by molar-refractivity contribution is 6.32. The van der Waals surface area contributed by atoms with Crippen LogP contribution in [0.4, 0.5) is 4.79 Å². The fourth-order valence-corrected chi connectivity index (χ4v) is 3.69. The fourth-order valence-electron chi connectivity index (χ4n) is 3.42. The molecule has 4 rings (SSSR count). The van der Waals surface area contributed by atoms with Crippen LogP contribution in [-0.2, 0) is 14.3 Å². The van der Waals surface area contributed by atoms with Gasteiger partial charge in [-0.1, -0.05) is 11.6 Å². The Morgan fingerprint density at radius 2 is 2.00 bits per heavy atom. The zero-order valence-electron chi connectivity index (χ0n) is 17.6. The molecular formula is C22H21ClN2O8. The molecule has 11 heteroatoms. The van der Waals surface area contributed by atoms with Crippen molar-refractivity contribution in [2.75, 3.05) is 26.4 Å². The van der Waals surface area contributed by atoms with Gasteiger partial charge in [0.05, 0.1) is 47.9 Å². The highest BCUT2D eigenvalue weighted by Gasteiger charge is 2.36. The van der Waals surface area contributed by atoms with Gasteiger partial charge in [0.2, 0.25) is 0 Å². The normalized spacial score (nSPS) is 17.5. The summed E-state index contributed by atoms with van der Waals surface area (Å²) in [4.78, 5) is 37.6. The third-order valence-electron chi connectivity index (χ3n) is 4.86.